The van der Waals surface area contributed by atoms with Gasteiger partial charge in [-0.3, -0.25) is 4.79 Å². The van der Waals surface area contributed by atoms with E-state index in [0.29, 0.717) is 60.8 Å². The molecule has 0 amide bonds. The fourth-order valence-corrected chi connectivity index (χ4v) is 7.85. The van der Waals surface area contributed by atoms with Crippen molar-refractivity contribution in [3.05, 3.63) is 59.7 Å². The number of alkyl halides is 3. The molecule has 48 heavy (non-hydrogen) atoms. The van der Waals surface area contributed by atoms with Crippen molar-refractivity contribution in [2.75, 3.05) is 50.2 Å². The second-order valence-electron chi connectivity index (χ2n) is 14.0. The first kappa shape index (κ1) is 32.4. The molecule has 2 N–H and O–H groups in total. The number of aliphatic carboxylic acids is 1. The summed E-state index contributed by atoms with van der Waals surface area (Å²) in [5.41, 5.74) is 4.51. The minimum atomic E-state index is -4.45. The van der Waals surface area contributed by atoms with Crippen LogP contribution in [0.1, 0.15) is 68.4 Å². The van der Waals surface area contributed by atoms with Gasteiger partial charge >= 0.3 is 12.1 Å². The van der Waals surface area contributed by atoms with E-state index in [9.17, 15) is 23.1 Å². The highest BCUT2D eigenvalue weighted by molar-refractivity contribution is 5.91. The molecule has 3 fully saturated rings. The standard InChI is InChI=1S/C37H42F3N5O3/c1-44(21-36(22-48-2)15-3-4-16-36)31-20-30(26-9-12-28(23-5-6-23)29(19-26)37(38,39)40)41-34-32(31)42-33(43-34)24-7-10-27(11-8-24)45-17-13-25(14-18-45)35(46)47/h7-12,19-20,23,25H,3-6,13-18,21-22H2,1-2H3,(H,46,47)(H,41,42,43). The van der Waals surface area contributed by atoms with Crippen molar-refractivity contribution in [1.82, 2.24) is 15.0 Å². The molecule has 0 atom stereocenters. The molecule has 2 aromatic carbocycles. The lowest BCUT2D eigenvalue weighted by Crippen LogP contribution is -2.37. The summed E-state index contributed by atoms with van der Waals surface area (Å²) in [5, 5.41) is 9.35. The van der Waals surface area contributed by atoms with Gasteiger partial charge in [-0.2, -0.15) is 13.2 Å². The Morgan fingerprint density at radius 3 is 2.33 bits per heavy atom. The number of nitrogens with one attached hydrogen (secondary N) is 1. The van der Waals surface area contributed by atoms with E-state index in [4.69, 9.17) is 14.7 Å². The number of aromatic nitrogens is 3. The van der Waals surface area contributed by atoms with Crippen LogP contribution in [0.2, 0.25) is 0 Å². The van der Waals surface area contributed by atoms with Crippen molar-refractivity contribution in [2.45, 2.75) is 63.5 Å². The number of hydrogen-bond acceptors (Lipinski definition) is 6. The van der Waals surface area contributed by atoms with Gasteiger partial charge in [0.2, 0.25) is 0 Å². The van der Waals surface area contributed by atoms with Crippen LogP contribution in [-0.2, 0) is 15.7 Å². The third-order valence-corrected chi connectivity index (χ3v) is 10.6. The summed E-state index contributed by atoms with van der Waals surface area (Å²) in [7, 11) is 3.76. The van der Waals surface area contributed by atoms with Crippen LogP contribution in [0.3, 0.4) is 0 Å². The number of pyridine rings is 1. The Labute approximate surface area is 278 Å². The normalized spacial score (nSPS) is 18.5. The highest BCUT2D eigenvalue weighted by Gasteiger charge is 2.39. The summed E-state index contributed by atoms with van der Waals surface area (Å²) in [6, 6.07) is 14.5. The Bertz CT molecular complexity index is 1790. The Balaban J connectivity index is 1.25. The van der Waals surface area contributed by atoms with Gasteiger partial charge in [0.05, 0.1) is 29.5 Å². The lowest BCUT2D eigenvalue weighted by atomic mass is 9.86. The molecule has 8 nitrogen and oxygen atoms in total. The van der Waals surface area contributed by atoms with Crippen LogP contribution < -0.4 is 9.80 Å². The highest BCUT2D eigenvalue weighted by Crippen LogP contribution is 2.47. The number of hydrogen-bond donors (Lipinski definition) is 2. The number of aromatic amines is 1. The molecule has 0 unspecified atom stereocenters. The van der Waals surface area contributed by atoms with Gasteiger partial charge in [0, 0.05) is 56.0 Å². The first-order valence-corrected chi connectivity index (χ1v) is 16.9. The molecule has 0 spiro atoms. The minimum Gasteiger partial charge on any atom is -0.481 e. The summed E-state index contributed by atoms with van der Waals surface area (Å²) in [6.07, 6.45) is 2.74. The van der Waals surface area contributed by atoms with E-state index in [1.54, 1.807) is 19.2 Å². The van der Waals surface area contributed by atoms with Crippen molar-refractivity contribution in [1.29, 1.82) is 0 Å². The minimum absolute atomic E-state index is 0.00770. The number of rotatable bonds is 10. The molecule has 7 rings (SSSR count). The molecule has 0 radical (unpaired) electrons. The number of methoxy groups -OCH3 is 1. The lowest BCUT2D eigenvalue weighted by molar-refractivity contribution is -0.142. The van der Waals surface area contributed by atoms with Crippen molar-refractivity contribution in [2.24, 2.45) is 11.3 Å². The average Bonchev–Trinajstić information content (AvgIpc) is 3.67. The van der Waals surface area contributed by atoms with E-state index in [2.05, 4.69) is 14.8 Å². The van der Waals surface area contributed by atoms with E-state index >= 15 is 0 Å². The summed E-state index contributed by atoms with van der Waals surface area (Å²) >= 11 is 0. The van der Waals surface area contributed by atoms with Crippen molar-refractivity contribution < 1.29 is 27.8 Å². The number of anilines is 2. The molecule has 3 aliphatic rings. The maximum absolute atomic E-state index is 14.2. The zero-order chi connectivity index (χ0) is 33.6. The molecule has 2 aromatic heterocycles. The Morgan fingerprint density at radius 1 is 1.02 bits per heavy atom. The average molecular weight is 662 g/mol. The monoisotopic (exact) mass is 661 g/mol. The van der Waals surface area contributed by atoms with Gasteiger partial charge in [-0.25, -0.2) is 9.97 Å². The molecular formula is C37H42F3N5O3. The molecular weight excluding hydrogens is 619 g/mol. The molecule has 3 heterocycles. The highest BCUT2D eigenvalue weighted by atomic mass is 19.4. The molecule has 0 bridgehead atoms. The maximum atomic E-state index is 14.2. The zero-order valence-corrected chi connectivity index (χ0v) is 27.4. The van der Waals surface area contributed by atoms with Crippen LogP contribution in [-0.4, -0.2) is 66.4 Å². The maximum Gasteiger partial charge on any atom is 0.416 e. The van der Waals surface area contributed by atoms with E-state index in [0.717, 1.165) is 67.5 Å². The fraction of sp³-hybridized carbons (Fsp3) is 0.486. The van der Waals surface area contributed by atoms with E-state index in [-0.39, 0.29) is 17.3 Å². The van der Waals surface area contributed by atoms with E-state index in [1.165, 1.54) is 6.07 Å². The summed E-state index contributed by atoms with van der Waals surface area (Å²) in [4.78, 5) is 28.9. The SMILES string of the molecule is COCC1(CN(C)c2cc(-c3ccc(C4CC4)c(C(F)(F)F)c3)nc3nc(-c4ccc(N5CCC(C(=O)O)CC5)cc4)[nH]c23)CCCC1. The van der Waals surface area contributed by atoms with Crippen LogP contribution in [0.5, 0.6) is 0 Å². The molecule has 4 aromatic rings. The number of H-pyrrole nitrogens is 1. The van der Waals surface area contributed by atoms with Gasteiger partial charge in [0.25, 0.3) is 0 Å². The van der Waals surface area contributed by atoms with Gasteiger partial charge in [-0.15, -0.1) is 0 Å². The summed E-state index contributed by atoms with van der Waals surface area (Å²) < 4.78 is 48.4. The Morgan fingerprint density at radius 2 is 1.71 bits per heavy atom. The molecule has 2 aliphatic carbocycles. The van der Waals surface area contributed by atoms with Crippen LogP contribution in [0, 0.1) is 11.3 Å². The number of fused-ring (bicyclic) bond motifs is 1. The molecule has 254 valence electrons. The van der Waals surface area contributed by atoms with Crippen LogP contribution in [0.4, 0.5) is 24.5 Å². The predicted octanol–water partition coefficient (Wildman–Crippen LogP) is 8.13. The van der Waals surface area contributed by atoms with Crippen molar-refractivity contribution >= 4 is 28.5 Å². The number of benzene rings is 2. The number of piperidine rings is 1. The van der Waals surface area contributed by atoms with E-state index < -0.39 is 17.7 Å². The first-order chi connectivity index (χ1) is 23.0. The predicted molar refractivity (Wildman–Crippen MR) is 180 cm³/mol. The van der Waals surface area contributed by atoms with Crippen LogP contribution >= 0.6 is 0 Å². The van der Waals surface area contributed by atoms with Crippen molar-refractivity contribution in [3.63, 3.8) is 0 Å². The topological polar surface area (TPSA) is 94.6 Å². The van der Waals surface area contributed by atoms with Crippen LogP contribution in [0.25, 0.3) is 33.8 Å². The molecule has 1 saturated heterocycles. The summed E-state index contributed by atoms with van der Waals surface area (Å²) in [5.74, 6) is -0.444. The zero-order valence-electron chi connectivity index (χ0n) is 27.4. The number of carboxylic acids is 1. The Hall–Kier alpha value is -4.12. The third-order valence-electron chi connectivity index (χ3n) is 10.6. The van der Waals surface area contributed by atoms with Gasteiger partial charge in [0.15, 0.2) is 5.65 Å². The third kappa shape index (κ3) is 6.49. The summed E-state index contributed by atoms with van der Waals surface area (Å²) in [6.45, 7) is 2.75. The Kier molecular flexibility index (Phi) is 8.60. The molecule has 1 aliphatic heterocycles. The second kappa shape index (κ2) is 12.7. The molecule has 11 heteroatoms. The largest absolute Gasteiger partial charge is 0.481 e. The van der Waals surface area contributed by atoms with Gasteiger partial charge in [-0.05, 0) is 86.4 Å². The number of nitrogens with zero attached hydrogens (tertiary/aromatic N) is 4. The van der Waals surface area contributed by atoms with Gasteiger partial charge < -0.3 is 24.6 Å². The van der Waals surface area contributed by atoms with E-state index in [1.807, 2.05) is 37.4 Å². The fourth-order valence-electron chi connectivity index (χ4n) is 7.85. The van der Waals surface area contributed by atoms with Gasteiger partial charge in [-0.1, -0.05) is 25.0 Å². The smallest absolute Gasteiger partial charge is 0.416 e. The van der Waals surface area contributed by atoms with Crippen molar-refractivity contribution in [3.8, 4) is 22.6 Å². The van der Waals surface area contributed by atoms with Gasteiger partial charge in [0.1, 0.15) is 11.3 Å². The number of imidazole rings is 1. The first-order valence-electron chi connectivity index (χ1n) is 16.9. The number of ether oxygens (including phenoxy) is 1. The quantitative estimate of drug-likeness (QED) is 0.177. The number of halogens is 3. The number of carboxylic acid groups (broad SMARTS) is 1. The lowest BCUT2D eigenvalue weighted by Gasteiger charge is -2.34. The second-order valence-corrected chi connectivity index (χ2v) is 14.0. The molecule has 2 saturated carbocycles. The van der Waals surface area contributed by atoms with Crippen LogP contribution in [0.15, 0.2) is 48.5 Å². The number of carbonyl (C=O) groups is 1.